The largest absolute Gasteiger partial charge is 0.496 e. The van der Waals surface area contributed by atoms with Gasteiger partial charge in [-0.1, -0.05) is 24.6 Å². The first-order chi connectivity index (χ1) is 15.0. The number of hydrogen-bond donors (Lipinski definition) is 1. The summed E-state index contributed by atoms with van der Waals surface area (Å²) in [7, 11) is 3.26. The Hall–Kier alpha value is -2.19. The van der Waals surface area contributed by atoms with Crippen LogP contribution in [0, 0.1) is 5.82 Å². The van der Waals surface area contributed by atoms with Crippen LogP contribution in [-0.2, 0) is 17.8 Å². The summed E-state index contributed by atoms with van der Waals surface area (Å²) in [5.41, 5.74) is 8.04. The highest BCUT2D eigenvalue weighted by Gasteiger charge is 2.08. The second-order valence-corrected chi connectivity index (χ2v) is 7.89. The lowest BCUT2D eigenvalue weighted by Gasteiger charge is -2.09. The molecule has 2 aromatic carbocycles. The van der Waals surface area contributed by atoms with Crippen molar-refractivity contribution in [2.45, 2.75) is 26.4 Å². The zero-order valence-electron chi connectivity index (χ0n) is 18.1. The van der Waals surface area contributed by atoms with Gasteiger partial charge >= 0.3 is 0 Å². The van der Waals surface area contributed by atoms with E-state index < -0.39 is 0 Å². The topological polar surface area (TPSA) is 61.8 Å². The lowest BCUT2D eigenvalue weighted by atomic mass is 10.1. The molecule has 0 spiro atoms. The molecule has 0 aliphatic heterocycles. The number of nitrogens with zero attached hydrogens (tertiary/aromatic N) is 2. The molecule has 3 rings (SSSR count). The van der Waals surface area contributed by atoms with Crippen LogP contribution in [0.1, 0.15) is 18.9 Å². The van der Waals surface area contributed by atoms with Crippen LogP contribution >= 0.6 is 22.9 Å². The third-order valence-electron chi connectivity index (χ3n) is 4.34. The van der Waals surface area contributed by atoms with E-state index >= 15 is 0 Å². The number of ether oxygens (including phenoxy) is 2. The van der Waals surface area contributed by atoms with Crippen molar-refractivity contribution in [3.63, 3.8) is 0 Å². The predicted octanol–water partition coefficient (Wildman–Crippen LogP) is 5.12. The Morgan fingerprint density at radius 1 is 1.16 bits per heavy atom. The van der Waals surface area contributed by atoms with Gasteiger partial charge in [-0.05, 0) is 48.4 Å². The summed E-state index contributed by atoms with van der Waals surface area (Å²) in [6, 6.07) is 12.1. The molecule has 168 valence electrons. The van der Waals surface area contributed by atoms with Gasteiger partial charge in [0, 0.05) is 36.2 Å². The molecule has 0 aliphatic rings. The molecule has 0 bridgehead atoms. The molecule has 3 aromatic rings. The summed E-state index contributed by atoms with van der Waals surface area (Å²) < 4.78 is 25.4. The van der Waals surface area contributed by atoms with Crippen molar-refractivity contribution < 1.29 is 13.9 Å². The second-order valence-electron chi connectivity index (χ2n) is 6.62. The van der Waals surface area contributed by atoms with E-state index in [1.54, 1.807) is 43.8 Å². The SMILES string of the molecule is CCCn1c(-c2ccc(F)cc2)csc1=NCc1ccc(Cl)cc1OC.COCCN. The zero-order chi connectivity index (χ0) is 22.6. The summed E-state index contributed by atoms with van der Waals surface area (Å²) in [4.78, 5) is 5.71. The molecule has 1 aromatic heterocycles. The van der Waals surface area contributed by atoms with Crippen LogP contribution in [0.5, 0.6) is 5.75 Å². The first-order valence-electron chi connectivity index (χ1n) is 10.00. The Bertz CT molecular complexity index is 1000. The van der Waals surface area contributed by atoms with Gasteiger partial charge in [-0.15, -0.1) is 11.3 Å². The Labute approximate surface area is 191 Å². The van der Waals surface area contributed by atoms with Crippen molar-refractivity contribution >= 4 is 22.9 Å². The van der Waals surface area contributed by atoms with E-state index in [4.69, 9.17) is 27.1 Å². The van der Waals surface area contributed by atoms with E-state index in [0.29, 0.717) is 24.7 Å². The normalized spacial score (nSPS) is 11.2. The summed E-state index contributed by atoms with van der Waals surface area (Å²) in [6.07, 6.45) is 0.988. The number of aromatic nitrogens is 1. The average molecular weight is 466 g/mol. The van der Waals surface area contributed by atoms with E-state index in [2.05, 4.69) is 21.6 Å². The number of nitrogens with two attached hydrogens (primary N) is 1. The minimum absolute atomic E-state index is 0.231. The second kappa shape index (κ2) is 13.3. The van der Waals surface area contributed by atoms with Gasteiger partial charge in [0.15, 0.2) is 4.80 Å². The van der Waals surface area contributed by atoms with Gasteiger partial charge in [-0.3, -0.25) is 4.99 Å². The van der Waals surface area contributed by atoms with Crippen LogP contribution in [0.2, 0.25) is 5.02 Å². The molecule has 0 saturated heterocycles. The third kappa shape index (κ3) is 7.47. The van der Waals surface area contributed by atoms with Crippen molar-refractivity contribution in [2.75, 3.05) is 27.4 Å². The van der Waals surface area contributed by atoms with Crippen LogP contribution in [-0.4, -0.2) is 31.9 Å². The quantitative estimate of drug-likeness (QED) is 0.502. The molecule has 0 fully saturated rings. The molecule has 0 atom stereocenters. The molecule has 5 nitrogen and oxygen atoms in total. The summed E-state index contributed by atoms with van der Waals surface area (Å²) in [5.74, 6) is 0.504. The fourth-order valence-corrected chi connectivity index (χ4v) is 3.96. The van der Waals surface area contributed by atoms with E-state index in [1.807, 2.05) is 12.1 Å². The maximum Gasteiger partial charge on any atom is 0.185 e. The lowest BCUT2D eigenvalue weighted by Crippen LogP contribution is -2.16. The van der Waals surface area contributed by atoms with Gasteiger partial charge in [0.25, 0.3) is 0 Å². The monoisotopic (exact) mass is 465 g/mol. The van der Waals surface area contributed by atoms with Gasteiger partial charge in [0.1, 0.15) is 11.6 Å². The van der Waals surface area contributed by atoms with Gasteiger partial charge < -0.3 is 19.8 Å². The molecule has 1 heterocycles. The Kier molecular flexibility index (Phi) is 10.7. The maximum absolute atomic E-state index is 13.2. The van der Waals surface area contributed by atoms with Crippen LogP contribution < -0.4 is 15.3 Å². The number of rotatable bonds is 8. The highest BCUT2D eigenvalue weighted by Crippen LogP contribution is 2.24. The fraction of sp³-hybridized carbons (Fsp3) is 0.348. The van der Waals surface area contributed by atoms with E-state index in [0.717, 1.165) is 40.3 Å². The highest BCUT2D eigenvalue weighted by molar-refractivity contribution is 7.07. The van der Waals surface area contributed by atoms with Crippen molar-refractivity contribution in [1.82, 2.24) is 4.57 Å². The van der Waals surface area contributed by atoms with Crippen molar-refractivity contribution in [1.29, 1.82) is 0 Å². The molecule has 0 aliphatic carbocycles. The zero-order valence-corrected chi connectivity index (χ0v) is 19.7. The smallest absolute Gasteiger partial charge is 0.185 e. The highest BCUT2D eigenvalue weighted by atomic mass is 35.5. The Balaban J connectivity index is 0.000000614. The molecule has 0 radical (unpaired) electrons. The number of halogens is 2. The number of thiazole rings is 1. The molecule has 0 saturated carbocycles. The van der Waals surface area contributed by atoms with E-state index in [1.165, 1.54) is 12.1 Å². The maximum atomic E-state index is 13.2. The number of benzene rings is 2. The van der Waals surface area contributed by atoms with Crippen molar-refractivity contribution in [2.24, 2.45) is 10.7 Å². The standard InChI is InChI=1S/C20H20ClFN2OS.C3H9NO/c1-3-10-24-18(14-5-8-17(22)9-6-14)13-26-20(24)23-12-15-4-7-16(21)11-19(15)25-2;1-5-3-2-4/h4-9,11,13H,3,10,12H2,1-2H3;2-4H2,1H3. The molecule has 31 heavy (non-hydrogen) atoms. The molecule has 0 amide bonds. The molecule has 8 heteroatoms. The van der Waals surface area contributed by atoms with Gasteiger partial charge in [0.05, 0.1) is 26.0 Å². The van der Waals surface area contributed by atoms with Gasteiger partial charge in [-0.2, -0.15) is 0 Å². The molecular weight excluding hydrogens is 437 g/mol. The van der Waals surface area contributed by atoms with Crippen LogP contribution in [0.15, 0.2) is 52.8 Å². The molecular formula is C23H29ClFN3O2S. The van der Waals surface area contributed by atoms with Crippen molar-refractivity contribution in [3.8, 4) is 17.0 Å². The first-order valence-corrected chi connectivity index (χ1v) is 11.3. The minimum Gasteiger partial charge on any atom is -0.496 e. The molecule has 2 N–H and O–H groups in total. The Morgan fingerprint density at radius 2 is 1.90 bits per heavy atom. The van der Waals surface area contributed by atoms with Crippen molar-refractivity contribution in [3.05, 3.63) is 69.0 Å². The molecule has 0 unspecified atom stereocenters. The summed E-state index contributed by atoms with van der Waals surface area (Å²) in [5, 5.41) is 2.71. The van der Waals surface area contributed by atoms with Crippen LogP contribution in [0.25, 0.3) is 11.3 Å². The number of methoxy groups -OCH3 is 2. The first kappa shape index (κ1) is 25.1. The van der Waals surface area contributed by atoms with Crippen LogP contribution in [0.4, 0.5) is 4.39 Å². The van der Waals surface area contributed by atoms with Gasteiger partial charge in [0.2, 0.25) is 0 Å². The Morgan fingerprint density at radius 3 is 2.48 bits per heavy atom. The minimum atomic E-state index is -0.231. The van der Waals surface area contributed by atoms with E-state index in [-0.39, 0.29) is 5.82 Å². The van der Waals surface area contributed by atoms with Gasteiger partial charge in [-0.25, -0.2) is 4.39 Å². The summed E-state index contributed by atoms with van der Waals surface area (Å²) >= 11 is 7.61. The fourth-order valence-electron chi connectivity index (χ4n) is 2.87. The van der Waals surface area contributed by atoms with E-state index in [9.17, 15) is 4.39 Å². The third-order valence-corrected chi connectivity index (χ3v) is 5.48. The summed E-state index contributed by atoms with van der Waals surface area (Å²) in [6.45, 7) is 4.78. The predicted molar refractivity (Wildman–Crippen MR) is 126 cm³/mol. The average Bonchev–Trinajstić information content (AvgIpc) is 3.17. The van der Waals surface area contributed by atoms with Crippen LogP contribution in [0.3, 0.4) is 0 Å². The lowest BCUT2D eigenvalue weighted by molar-refractivity contribution is 0.207. The number of hydrogen-bond acceptors (Lipinski definition) is 5.